The number of carbonyl (C=O) groups excluding carboxylic acids is 1. The number of hydrogen-bond acceptors (Lipinski definition) is 7. The molecule has 1 aliphatic heterocycles. The Morgan fingerprint density at radius 2 is 1.84 bits per heavy atom. The molecule has 1 fully saturated rings. The number of nitrogens with zero attached hydrogens (tertiary/aromatic N) is 3. The molecule has 1 aliphatic rings. The van der Waals surface area contributed by atoms with Gasteiger partial charge in [-0.1, -0.05) is 11.6 Å². The van der Waals surface area contributed by atoms with Gasteiger partial charge in [0.15, 0.2) is 5.76 Å². The van der Waals surface area contributed by atoms with Crippen LogP contribution in [0.15, 0.2) is 50.4 Å². The lowest BCUT2D eigenvalue weighted by Crippen LogP contribution is -2.35. The van der Waals surface area contributed by atoms with E-state index in [4.69, 9.17) is 8.94 Å². The molecule has 4 rings (SSSR count). The van der Waals surface area contributed by atoms with Crippen molar-refractivity contribution in [1.29, 1.82) is 0 Å². The standard InChI is InChI=1S/C20H21FN4O5S/c1-13(20-23-18(24-30-20)14-5-7-15(21)8-6-14)22-19(26)16-9-10-17(29-16)31(27,28)25-11-3-2-4-12-25/h5-10,13H,2-4,11-12H2,1H3,(H,22,26). The molecular formula is C20H21FN4O5S. The molecule has 3 heterocycles. The van der Waals surface area contributed by atoms with E-state index in [-0.39, 0.29) is 28.4 Å². The van der Waals surface area contributed by atoms with Crippen molar-refractivity contribution in [1.82, 2.24) is 19.8 Å². The van der Waals surface area contributed by atoms with Crippen LogP contribution in [0.4, 0.5) is 4.39 Å². The average molecular weight is 448 g/mol. The quantitative estimate of drug-likeness (QED) is 0.615. The van der Waals surface area contributed by atoms with Gasteiger partial charge in [0.05, 0.1) is 0 Å². The summed E-state index contributed by atoms with van der Waals surface area (Å²) in [5.41, 5.74) is 0.563. The van der Waals surface area contributed by atoms with E-state index in [1.165, 1.54) is 40.7 Å². The van der Waals surface area contributed by atoms with Gasteiger partial charge in [0.2, 0.25) is 16.8 Å². The van der Waals surface area contributed by atoms with Crippen LogP contribution in [0.1, 0.15) is 48.7 Å². The van der Waals surface area contributed by atoms with Gasteiger partial charge in [0, 0.05) is 18.7 Å². The summed E-state index contributed by atoms with van der Waals surface area (Å²) in [6.07, 6.45) is 2.60. The van der Waals surface area contributed by atoms with Crippen molar-refractivity contribution < 1.29 is 26.5 Å². The summed E-state index contributed by atoms with van der Waals surface area (Å²) in [5, 5.41) is 6.21. The van der Waals surface area contributed by atoms with Gasteiger partial charge >= 0.3 is 0 Å². The topological polar surface area (TPSA) is 119 Å². The first-order chi connectivity index (χ1) is 14.8. The largest absolute Gasteiger partial charge is 0.438 e. The monoisotopic (exact) mass is 448 g/mol. The number of sulfonamides is 1. The van der Waals surface area contributed by atoms with Gasteiger partial charge in [-0.25, -0.2) is 12.8 Å². The fourth-order valence-corrected chi connectivity index (χ4v) is 4.70. The van der Waals surface area contributed by atoms with Crippen molar-refractivity contribution in [2.45, 2.75) is 37.3 Å². The molecule has 0 saturated carbocycles. The molecule has 1 saturated heterocycles. The van der Waals surface area contributed by atoms with Crippen LogP contribution in [-0.2, 0) is 10.0 Å². The Hall–Kier alpha value is -3.05. The molecule has 0 bridgehead atoms. The van der Waals surface area contributed by atoms with E-state index in [2.05, 4.69) is 15.5 Å². The van der Waals surface area contributed by atoms with Crippen molar-refractivity contribution in [3.05, 3.63) is 53.9 Å². The zero-order chi connectivity index (χ0) is 22.0. The summed E-state index contributed by atoms with van der Waals surface area (Å²) in [7, 11) is -3.77. The molecule has 9 nitrogen and oxygen atoms in total. The molecular weight excluding hydrogens is 427 g/mol. The van der Waals surface area contributed by atoms with Crippen molar-refractivity contribution in [2.24, 2.45) is 0 Å². The molecule has 1 aromatic carbocycles. The van der Waals surface area contributed by atoms with Gasteiger partial charge in [0.1, 0.15) is 11.9 Å². The third-order valence-electron chi connectivity index (χ3n) is 4.98. The summed E-state index contributed by atoms with van der Waals surface area (Å²) < 4.78 is 50.3. The predicted octanol–water partition coefficient (Wildman–Crippen LogP) is 3.13. The molecule has 164 valence electrons. The molecule has 1 N–H and O–H groups in total. The lowest BCUT2D eigenvalue weighted by Gasteiger charge is -2.24. The van der Waals surface area contributed by atoms with E-state index in [0.717, 1.165) is 19.3 Å². The highest BCUT2D eigenvalue weighted by atomic mass is 32.2. The number of nitrogens with one attached hydrogen (secondary N) is 1. The Kier molecular flexibility index (Phi) is 5.88. The van der Waals surface area contributed by atoms with E-state index in [9.17, 15) is 17.6 Å². The summed E-state index contributed by atoms with van der Waals surface area (Å²) >= 11 is 0. The molecule has 1 unspecified atom stereocenters. The minimum absolute atomic E-state index is 0.138. The number of amides is 1. The molecule has 0 radical (unpaired) electrons. The fourth-order valence-electron chi connectivity index (χ4n) is 3.27. The molecule has 0 aliphatic carbocycles. The van der Waals surface area contributed by atoms with E-state index < -0.39 is 22.0 Å². The van der Waals surface area contributed by atoms with Gasteiger partial charge in [-0.2, -0.15) is 9.29 Å². The predicted molar refractivity (Wildman–Crippen MR) is 107 cm³/mol. The minimum atomic E-state index is -3.77. The Balaban J connectivity index is 1.43. The van der Waals surface area contributed by atoms with E-state index in [0.29, 0.717) is 18.7 Å². The Morgan fingerprint density at radius 1 is 1.13 bits per heavy atom. The van der Waals surface area contributed by atoms with Gasteiger partial charge < -0.3 is 14.3 Å². The number of furan rings is 1. The van der Waals surface area contributed by atoms with Crippen LogP contribution in [-0.4, -0.2) is 41.9 Å². The second-order valence-electron chi connectivity index (χ2n) is 7.24. The molecule has 1 atom stereocenters. The van der Waals surface area contributed by atoms with Gasteiger partial charge in [-0.3, -0.25) is 4.79 Å². The van der Waals surface area contributed by atoms with E-state index in [1.54, 1.807) is 6.92 Å². The lowest BCUT2D eigenvalue weighted by atomic mass is 10.2. The fraction of sp³-hybridized carbons (Fsp3) is 0.350. The van der Waals surface area contributed by atoms with Crippen LogP contribution in [0.25, 0.3) is 11.4 Å². The Morgan fingerprint density at radius 3 is 2.55 bits per heavy atom. The van der Waals surface area contributed by atoms with Crippen LogP contribution in [0.3, 0.4) is 0 Å². The van der Waals surface area contributed by atoms with E-state index >= 15 is 0 Å². The maximum Gasteiger partial charge on any atom is 0.287 e. The van der Waals surface area contributed by atoms with Crippen molar-refractivity contribution in [2.75, 3.05) is 13.1 Å². The molecule has 3 aromatic rings. The third-order valence-corrected chi connectivity index (χ3v) is 6.75. The number of aromatic nitrogens is 2. The number of piperidine rings is 1. The third kappa shape index (κ3) is 4.52. The van der Waals surface area contributed by atoms with Crippen LogP contribution < -0.4 is 5.32 Å². The Labute approximate surface area is 178 Å². The zero-order valence-corrected chi connectivity index (χ0v) is 17.6. The second-order valence-corrected chi connectivity index (χ2v) is 9.11. The Bertz CT molecular complexity index is 1170. The first-order valence-corrected chi connectivity index (χ1v) is 11.3. The highest BCUT2D eigenvalue weighted by Crippen LogP contribution is 2.23. The molecule has 2 aromatic heterocycles. The van der Waals surface area contributed by atoms with Gasteiger partial charge in [-0.15, -0.1) is 0 Å². The van der Waals surface area contributed by atoms with Crippen LogP contribution in [0.2, 0.25) is 0 Å². The molecule has 1 amide bonds. The average Bonchev–Trinajstić information content (AvgIpc) is 3.46. The summed E-state index contributed by atoms with van der Waals surface area (Å²) in [5.74, 6) is -0.743. The molecule has 11 heteroatoms. The van der Waals surface area contributed by atoms with Crippen molar-refractivity contribution in [3.63, 3.8) is 0 Å². The second kappa shape index (κ2) is 8.60. The van der Waals surface area contributed by atoms with Gasteiger partial charge in [-0.05, 0) is 56.2 Å². The normalized spacial score (nSPS) is 16.2. The highest BCUT2D eigenvalue weighted by molar-refractivity contribution is 7.89. The number of halogens is 1. The number of rotatable bonds is 6. The molecule has 31 heavy (non-hydrogen) atoms. The first kappa shape index (κ1) is 21.2. The maximum atomic E-state index is 13.1. The zero-order valence-electron chi connectivity index (χ0n) is 16.7. The first-order valence-electron chi connectivity index (χ1n) is 9.85. The van der Waals surface area contributed by atoms with Crippen molar-refractivity contribution >= 4 is 15.9 Å². The van der Waals surface area contributed by atoms with E-state index in [1.807, 2.05) is 0 Å². The summed E-state index contributed by atoms with van der Waals surface area (Å²) in [6, 6.07) is 7.52. The van der Waals surface area contributed by atoms with Crippen LogP contribution in [0.5, 0.6) is 0 Å². The smallest absolute Gasteiger partial charge is 0.287 e. The highest BCUT2D eigenvalue weighted by Gasteiger charge is 2.30. The van der Waals surface area contributed by atoms with Crippen LogP contribution in [0, 0.1) is 5.82 Å². The minimum Gasteiger partial charge on any atom is -0.438 e. The number of benzene rings is 1. The van der Waals surface area contributed by atoms with Crippen molar-refractivity contribution in [3.8, 4) is 11.4 Å². The maximum absolute atomic E-state index is 13.1. The summed E-state index contributed by atoms with van der Waals surface area (Å²) in [4.78, 5) is 16.7. The number of carbonyl (C=O) groups is 1. The lowest BCUT2D eigenvalue weighted by molar-refractivity contribution is 0.0898. The van der Waals surface area contributed by atoms with Crippen LogP contribution >= 0.6 is 0 Å². The SMILES string of the molecule is CC(NC(=O)c1ccc(S(=O)(=O)N2CCCCC2)o1)c1nc(-c2ccc(F)cc2)no1. The summed E-state index contributed by atoms with van der Waals surface area (Å²) in [6.45, 7) is 2.51. The van der Waals surface area contributed by atoms with Gasteiger partial charge in [0.25, 0.3) is 15.9 Å². The number of hydrogen-bond donors (Lipinski definition) is 1. The molecule has 0 spiro atoms.